The van der Waals surface area contributed by atoms with Crippen LogP contribution in [0.1, 0.15) is 73.1 Å². The largest absolute Gasteiger partial charge is 0.485 e. The zero-order chi connectivity index (χ0) is 23.0. The van der Waals surface area contributed by atoms with Crippen LogP contribution in [0.4, 0.5) is 0 Å². The molecule has 1 unspecified atom stereocenters. The molecule has 5 rings (SSSR count). The van der Waals surface area contributed by atoms with Gasteiger partial charge < -0.3 is 20.1 Å². The maximum atomic E-state index is 10.1. The molecular weight excluding hydrogens is 436 g/mol. The van der Waals surface area contributed by atoms with E-state index >= 15 is 0 Å². The van der Waals surface area contributed by atoms with Crippen LogP contribution < -0.4 is 0 Å². The van der Waals surface area contributed by atoms with Gasteiger partial charge in [0.25, 0.3) is 0 Å². The van der Waals surface area contributed by atoms with Crippen molar-refractivity contribution in [2.45, 2.75) is 75.6 Å². The molecule has 1 spiro atoms. The third kappa shape index (κ3) is 4.72. The normalized spacial score (nSPS) is 28.7. The summed E-state index contributed by atoms with van der Waals surface area (Å²) in [6.45, 7) is -0.371. The molecule has 0 saturated heterocycles. The van der Waals surface area contributed by atoms with E-state index in [4.69, 9.17) is 16.3 Å². The number of ether oxygens (including phenoxy) is 1. The molecule has 0 aromatic heterocycles. The van der Waals surface area contributed by atoms with Crippen LogP contribution in [-0.2, 0) is 11.2 Å². The number of aliphatic hydroxyl groups is 3. The van der Waals surface area contributed by atoms with Crippen LogP contribution in [0.3, 0.4) is 0 Å². The molecular formula is C28H33ClO4. The van der Waals surface area contributed by atoms with E-state index in [1.165, 1.54) is 62.1 Å². The summed E-state index contributed by atoms with van der Waals surface area (Å²) in [6, 6.07) is 14.6. The molecule has 2 fully saturated rings. The van der Waals surface area contributed by atoms with Gasteiger partial charge in [-0.15, -0.1) is 0 Å². The molecule has 1 heterocycles. The highest BCUT2D eigenvalue weighted by molar-refractivity contribution is 6.31. The second-order valence-corrected chi connectivity index (χ2v) is 10.6. The lowest BCUT2D eigenvalue weighted by Gasteiger charge is -2.31. The molecule has 5 heteroatoms. The monoisotopic (exact) mass is 468 g/mol. The summed E-state index contributed by atoms with van der Waals surface area (Å²) in [5.41, 5.74) is 5.03. The number of hydrogen-bond acceptors (Lipinski definition) is 4. The topological polar surface area (TPSA) is 69.9 Å². The Hall–Kier alpha value is -1.85. The fourth-order valence-electron chi connectivity index (χ4n) is 6.12. The van der Waals surface area contributed by atoms with E-state index in [2.05, 4.69) is 24.3 Å². The van der Waals surface area contributed by atoms with Gasteiger partial charge in [-0.3, -0.25) is 0 Å². The van der Waals surface area contributed by atoms with Crippen LogP contribution in [0.5, 0.6) is 0 Å². The first-order valence-corrected chi connectivity index (χ1v) is 12.6. The van der Waals surface area contributed by atoms with Crippen LogP contribution >= 0.6 is 11.6 Å². The zero-order valence-corrected chi connectivity index (χ0v) is 19.7. The summed E-state index contributed by atoms with van der Waals surface area (Å²) in [5.74, 6) is 1.14. The Labute approximate surface area is 200 Å². The zero-order valence-electron chi connectivity index (χ0n) is 18.9. The Morgan fingerprint density at radius 1 is 1.00 bits per heavy atom. The first-order chi connectivity index (χ1) is 16.0. The Kier molecular flexibility index (Phi) is 6.54. The summed E-state index contributed by atoms with van der Waals surface area (Å²) < 4.78 is 5.72. The Bertz CT molecular complexity index is 1010. The molecule has 33 heavy (non-hydrogen) atoms. The summed E-state index contributed by atoms with van der Waals surface area (Å²) in [5, 5.41) is 30.2. The van der Waals surface area contributed by atoms with E-state index in [1.54, 1.807) is 0 Å². The number of hydrogen-bond donors (Lipinski definition) is 3. The van der Waals surface area contributed by atoms with Gasteiger partial charge in [-0.1, -0.05) is 48.7 Å². The minimum absolute atomic E-state index is 0.371. The molecule has 3 N–H and O–H groups in total. The second kappa shape index (κ2) is 9.42. The highest BCUT2D eigenvalue weighted by Gasteiger charge is 2.41. The number of halogens is 1. The summed E-state index contributed by atoms with van der Waals surface area (Å²) in [4.78, 5) is 0. The average Bonchev–Trinajstić information content (AvgIpc) is 3.47. The van der Waals surface area contributed by atoms with Crippen molar-refractivity contribution in [3.8, 4) is 0 Å². The van der Waals surface area contributed by atoms with Crippen molar-refractivity contribution < 1.29 is 20.1 Å². The summed E-state index contributed by atoms with van der Waals surface area (Å²) in [6.07, 6.45) is 8.82. The predicted molar refractivity (Wildman–Crippen MR) is 130 cm³/mol. The maximum absolute atomic E-state index is 10.1. The molecule has 2 saturated carbocycles. The fourth-order valence-corrected chi connectivity index (χ4v) is 6.30. The average molecular weight is 469 g/mol. The van der Waals surface area contributed by atoms with Crippen LogP contribution in [0.2, 0.25) is 5.02 Å². The molecule has 1 aliphatic heterocycles. The summed E-state index contributed by atoms with van der Waals surface area (Å²) in [7, 11) is 0. The van der Waals surface area contributed by atoms with Crippen LogP contribution in [0.25, 0.3) is 5.76 Å². The molecule has 3 aliphatic rings. The minimum atomic E-state index is -1.15. The third-order valence-electron chi connectivity index (χ3n) is 8.05. The van der Waals surface area contributed by atoms with Gasteiger partial charge in [0.05, 0.1) is 6.61 Å². The Morgan fingerprint density at radius 3 is 2.48 bits per heavy atom. The van der Waals surface area contributed by atoms with Gasteiger partial charge in [0.2, 0.25) is 0 Å². The Balaban J connectivity index is 1.30. The molecule has 4 nitrogen and oxygen atoms in total. The molecule has 2 aromatic carbocycles. The third-order valence-corrected chi connectivity index (χ3v) is 8.42. The van der Waals surface area contributed by atoms with Crippen LogP contribution in [0.15, 0.2) is 48.5 Å². The highest BCUT2D eigenvalue weighted by atomic mass is 35.5. The van der Waals surface area contributed by atoms with Gasteiger partial charge in [-0.2, -0.15) is 0 Å². The molecule has 2 aromatic rings. The standard InChI is InChI=1S/C28H33ClO4/c29-23-8-7-20(25-15-24(31)27(32)26(17-30)33-25)14-22(23)13-18-3-5-19(6-4-18)21-9-12-28(16-21)10-1-2-11-28/h3-8,14-15,21,24,26-27,30-32H,1-2,9-13,16-17H2/t21?,24-,26-,27+/m1/s1. The summed E-state index contributed by atoms with van der Waals surface area (Å²) >= 11 is 6.51. The van der Waals surface area contributed by atoms with Gasteiger partial charge >= 0.3 is 0 Å². The second-order valence-electron chi connectivity index (χ2n) is 10.2. The van der Waals surface area contributed by atoms with Gasteiger partial charge in [-0.25, -0.2) is 0 Å². The van der Waals surface area contributed by atoms with Crippen molar-refractivity contribution in [3.05, 3.63) is 75.8 Å². The van der Waals surface area contributed by atoms with Crippen molar-refractivity contribution in [1.29, 1.82) is 0 Å². The van der Waals surface area contributed by atoms with E-state index in [1.807, 2.05) is 18.2 Å². The maximum Gasteiger partial charge on any atom is 0.150 e. The van der Waals surface area contributed by atoms with Crippen LogP contribution in [-0.4, -0.2) is 40.2 Å². The number of rotatable bonds is 5. The van der Waals surface area contributed by atoms with Crippen LogP contribution in [0, 0.1) is 5.41 Å². The molecule has 0 bridgehead atoms. The molecule has 176 valence electrons. The van der Waals surface area contributed by atoms with Crippen molar-refractivity contribution in [1.82, 2.24) is 0 Å². The van der Waals surface area contributed by atoms with E-state index in [-0.39, 0.29) is 6.61 Å². The van der Waals surface area contributed by atoms with E-state index in [0.717, 1.165) is 11.1 Å². The highest BCUT2D eigenvalue weighted by Crippen LogP contribution is 2.55. The van der Waals surface area contributed by atoms with Crippen molar-refractivity contribution in [2.75, 3.05) is 6.61 Å². The smallest absolute Gasteiger partial charge is 0.150 e. The van der Waals surface area contributed by atoms with Gasteiger partial charge in [0.1, 0.15) is 18.0 Å². The SMILES string of the molecule is OC[C@H]1OC(c2ccc(Cl)c(Cc3ccc(C4CCC5(CCCC5)C4)cc3)c2)=C[C@@H](O)[C@@H]1O. The molecule has 2 aliphatic carbocycles. The first kappa shape index (κ1) is 22.9. The molecule has 4 atom stereocenters. The lowest BCUT2D eigenvalue weighted by atomic mass is 9.82. The first-order valence-electron chi connectivity index (χ1n) is 12.2. The lowest BCUT2D eigenvalue weighted by molar-refractivity contribution is -0.0723. The number of aliphatic hydroxyl groups excluding tert-OH is 3. The quantitative estimate of drug-likeness (QED) is 0.563. The van der Waals surface area contributed by atoms with E-state index in [0.29, 0.717) is 28.5 Å². The fraction of sp³-hybridized carbons (Fsp3) is 0.500. The van der Waals surface area contributed by atoms with Gasteiger partial charge in [0, 0.05) is 10.6 Å². The predicted octanol–water partition coefficient (Wildman–Crippen LogP) is 5.21. The van der Waals surface area contributed by atoms with Gasteiger partial charge in [-0.05, 0) is 90.8 Å². The molecule has 0 amide bonds. The number of benzene rings is 2. The van der Waals surface area contributed by atoms with E-state index in [9.17, 15) is 15.3 Å². The lowest BCUT2D eigenvalue weighted by Crippen LogP contribution is -2.43. The van der Waals surface area contributed by atoms with Crippen molar-refractivity contribution in [3.63, 3.8) is 0 Å². The van der Waals surface area contributed by atoms with E-state index < -0.39 is 18.3 Å². The Morgan fingerprint density at radius 2 is 1.76 bits per heavy atom. The van der Waals surface area contributed by atoms with Gasteiger partial charge in [0.15, 0.2) is 6.10 Å². The minimum Gasteiger partial charge on any atom is -0.485 e. The van der Waals surface area contributed by atoms with Crippen molar-refractivity contribution >= 4 is 17.4 Å². The van der Waals surface area contributed by atoms with Crippen molar-refractivity contribution in [2.24, 2.45) is 5.41 Å². The molecule has 0 radical (unpaired) electrons.